The fourth-order valence-electron chi connectivity index (χ4n) is 2.06. The molecule has 0 bridgehead atoms. The molecule has 1 aromatic rings. The Kier molecular flexibility index (Phi) is 5.53. The molecule has 1 fully saturated rings. The molecule has 4 N–H and O–H groups in total. The summed E-state index contributed by atoms with van der Waals surface area (Å²) in [4.78, 5) is 15.3. The van der Waals surface area contributed by atoms with Crippen LogP contribution in [0.15, 0.2) is 17.1 Å². The van der Waals surface area contributed by atoms with Crippen molar-refractivity contribution in [3.05, 3.63) is 22.7 Å². The molecule has 11 nitrogen and oxygen atoms in total. The van der Waals surface area contributed by atoms with Crippen molar-refractivity contribution in [3.63, 3.8) is 0 Å². The van der Waals surface area contributed by atoms with Crippen molar-refractivity contribution in [2.75, 3.05) is 26.6 Å². The van der Waals surface area contributed by atoms with Gasteiger partial charge in [0.2, 0.25) is 0 Å². The van der Waals surface area contributed by atoms with Gasteiger partial charge in [0.25, 0.3) is 0 Å². The molecule has 0 radical (unpaired) electrons. The van der Waals surface area contributed by atoms with Crippen molar-refractivity contribution in [3.8, 4) is 0 Å². The summed E-state index contributed by atoms with van der Waals surface area (Å²) in [6, 6.07) is 1.34. The molecular formula is C11H18N3O8P. The topological polar surface area (TPSA) is 155 Å². The summed E-state index contributed by atoms with van der Waals surface area (Å²) in [6.07, 6.45) is -3.77. The third-order valence-electron chi connectivity index (χ3n) is 3.31. The molecule has 0 amide bonds. The molecule has 0 saturated carbocycles. The van der Waals surface area contributed by atoms with E-state index in [9.17, 15) is 19.6 Å². The SMILES string of the molecule is COP(=O)(OC)OCC1OC(n2ccc(N)nc2=O)C(O)C1O. The van der Waals surface area contributed by atoms with Crippen molar-refractivity contribution in [1.82, 2.24) is 9.55 Å². The van der Waals surface area contributed by atoms with Crippen LogP contribution in [0.1, 0.15) is 6.23 Å². The van der Waals surface area contributed by atoms with E-state index in [0.717, 1.165) is 18.8 Å². The number of hydrogen-bond donors (Lipinski definition) is 3. The number of rotatable bonds is 6. The number of phosphoric ester groups is 1. The maximum Gasteiger partial charge on any atom is 0.474 e. The van der Waals surface area contributed by atoms with Gasteiger partial charge in [0.1, 0.15) is 24.1 Å². The average Bonchev–Trinajstić information content (AvgIpc) is 2.81. The number of nitrogen functional groups attached to an aromatic ring is 1. The number of aromatic nitrogens is 2. The number of nitrogens with zero attached hydrogens (tertiary/aromatic N) is 2. The maximum absolute atomic E-state index is 11.8. The standard InChI is InChI=1S/C11H18N3O8P/c1-19-23(18,20-2)21-5-6-8(15)9(16)10(22-6)14-4-3-7(12)13-11(14)17/h3-4,6,8-10,15-16H,5H2,1-2H3,(H2,12,13,17). The first-order valence-corrected chi connectivity index (χ1v) is 7.99. The lowest BCUT2D eigenvalue weighted by molar-refractivity contribution is -0.0551. The van der Waals surface area contributed by atoms with Crippen molar-refractivity contribution in [1.29, 1.82) is 0 Å². The molecule has 0 spiro atoms. The summed E-state index contributed by atoms with van der Waals surface area (Å²) in [6.45, 7) is -0.384. The fraction of sp³-hybridized carbons (Fsp3) is 0.636. The van der Waals surface area contributed by atoms with Gasteiger partial charge in [0.05, 0.1) is 6.61 Å². The van der Waals surface area contributed by atoms with Gasteiger partial charge in [-0.2, -0.15) is 4.98 Å². The van der Waals surface area contributed by atoms with Crippen molar-refractivity contribution >= 4 is 13.6 Å². The largest absolute Gasteiger partial charge is 0.474 e. The summed E-state index contributed by atoms with van der Waals surface area (Å²) >= 11 is 0. The van der Waals surface area contributed by atoms with E-state index in [1.807, 2.05) is 0 Å². The number of anilines is 1. The Labute approximate surface area is 131 Å². The summed E-state index contributed by atoms with van der Waals surface area (Å²) in [5.41, 5.74) is 4.64. The first-order chi connectivity index (χ1) is 10.8. The number of aliphatic hydroxyl groups is 2. The second kappa shape index (κ2) is 7.05. The Hall–Kier alpha value is -1.33. The monoisotopic (exact) mass is 351 g/mol. The molecule has 1 saturated heterocycles. The van der Waals surface area contributed by atoms with Gasteiger partial charge in [-0.3, -0.25) is 18.1 Å². The van der Waals surface area contributed by atoms with E-state index in [2.05, 4.69) is 14.0 Å². The molecule has 2 rings (SSSR count). The van der Waals surface area contributed by atoms with Crippen LogP contribution in [0, 0.1) is 0 Å². The highest BCUT2D eigenvalue weighted by molar-refractivity contribution is 7.48. The average molecular weight is 351 g/mol. The maximum atomic E-state index is 11.8. The molecule has 1 aliphatic heterocycles. The molecule has 0 aromatic carbocycles. The molecule has 130 valence electrons. The van der Waals surface area contributed by atoms with Crippen molar-refractivity contribution in [2.24, 2.45) is 0 Å². The number of nitrogens with two attached hydrogens (primary N) is 1. The third-order valence-corrected chi connectivity index (χ3v) is 4.67. The molecule has 4 atom stereocenters. The van der Waals surface area contributed by atoms with Crippen LogP contribution >= 0.6 is 7.82 Å². The third kappa shape index (κ3) is 3.78. The van der Waals surface area contributed by atoms with Gasteiger partial charge in [-0.25, -0.2) is 9.36 Å². The van der Waals surface area contributed by atoms with Crippen LogP contribution in [0.5, 0.6) is 0 Å². The number of ether oxygens (including phenoxy) is 1. The Bertz CT molecular complexity index is 644. The summed E-state index contributed by atoms with van der Waals surface area (Å²) in [5.74, 6) is 0.0142. The lowest BCUT2D eigenvalue weighted by atomic mass is 10.1. The predicted octanol–water partition coefficient (Wildman–Crippen LogP) is -1.14. The van der Waals surface area contributed by atoms with E-state index in [4.69, 9.17) is 15.0 Å². The Morgan fingerprint density at radius 3 is 2.61 bits per heavy atom. The van der Waals surface area contributed by atoms with E-state index in [1.165, 1.54) is 12.3 Å². The van der Waals surface area contributed by atoms with Crippen LogP contribution < -0.4 is 11.4 Å². The first kappa shape index (κ1) is 18.0. The van der Waals surface area contributed by atoms with Gasteiger partial charge in [0, 0.05) is 20.4 Å². The van der Waals surface area contributed by atoms with E-state index in [1.54, 1.807) is 0 Å². The molecule has 4 unspecified atom stereocenters. The second-order valence-corrected chi connectivity index (χ2v) is 6.58. The van der Waals surface area contributed by atoms with Gasteiger partial charge in [0.15, 0.2) is 6.23 Å². The van der Waals surface area contributed by atoms with Crippen LogP contribution in [0.4, 0.5) is 5.82 Å². The summed E-state index contributed by atoms with van der Waals surface area (Å²) in [7, 11) is -1.49. The number of hydrogen-bond acceptors (Lipinski definition) is 10. The molecule has 1 aromatic heterocycles. The zero-order valence-electron chi connectivity index (χ0n) is 12.4. The molecular weight excluding hydrogens is 333 g/mol. The highest BCUT2D eigenvalue weighted by Gasteiger charge is 2.45. The summed E-state index contributed by atoms with van der Waals surface area (Å²) in [5, 5.41) is 20.0. The van der Waals surface area contributed by atoms with Crippen LogP contribution in [0.25, 0.3) is 0 Å². The van der Waals surface area contributed by atoms with Gasteiger partial charge in [-0.1, -0.05) is 0 Å². The molecule has 0 aliphatic carbocycles. The molecule has 23 heavy (non-hydrogen) atoms. The first-order valence-electron chi connectivity index (χ1n) is 6.53. The van der Waals surface area contributed by atoms with Crippen LogP contribution in [-0.2, 0) is 22.9 Å². The quantitative estimate of drug-likeness (QED) is 0.536. The van der Waals surface area contributed by atoms with Gasteiger partial charge in [-0.05, 0) is 6.07 Å². The minimum Gasteiger partial charge on any atom is -0.387 e. The van der Waals surface area contributed by atoms with Gasteiger partial charge < -0.3 is 20.7 Å². The van der Waals surface area contributed by atoms with Crippen molar-refractivity contribution < 1.29 is 33.1 Å². The lowest BCUT2D eigenvalue weighted by Gasteiger charge is -2.18. The lowest BCUT2D eigenvalue weighted by Crippen LogP contribution is -2.36. The van der Waals surface area contributed by atoms with Crippen LogP contribution in [-0.4, -0.2) is 58.9 Å². The Morgan fingerprint density at radius 2 is 2.04 bits per heavy atom. The number of aliphatic hydroxyl groups excluding tert-OH is 2. The van der Waals surface area contributed by atoms with E-state index >= 15 is 0 Å². The zero-order chi connectivity index (χ0) is 17.2. The normalized spacial score (nSPS) is 28.2. The zero-order valence-corrected chi connectivity index (χ0v) is 13.3. The highest BCUT2D eigenvalue weighted by Crippen LogP contribution is 2.48. The smallest absolute Gasteiger partial charge is 0.387 e. The summed E-state index contributed by atoms with van der Waals surface area (Å²) < 4.78 is 32.3. The molecule has 2 heterocycles. The Morgan fingerprint density at radius 1 is 1.39 bits per heavy atom. The van der Waals surface area contributed by atoms with E-state index < -0.39 is 38.1 Å². The van der Waals surface area contributed by atoms with Gasteiger partial charge in [-0.15, -0.1) is 0 Å². The van der Waals surface area contributed by atoms with E-state index in [0.29, 0.717) is 0 Å². The number of phosphoric acid groups is 1. The minimum absolute atomic E-state index is 0.0142. The minimum atomic E-state index is -3.76. The van der Waals surface area contributed by atoms with Gasteiger partial charge >= 0.3 is 13.5 Å². The Balaban J connectivity index is 2.12. The molecule has 12 heteroatoms. The van der Waals surface area contributed by atoms with Crippen molar-refractivity contribution in [2.45, 2.75) is 24.5 Å². The second-order valence-electron chi connectivity index (χ2n) is 4.70. The van der Waals surface area contributed by atoms with Crippen LogP contribution in [0.3, 0.4) is 0 Å². The van der Waals surface area contributed by atoms with E-state index in [-0.39, 0.29) is 12.4 Å². The fourth-order valence-corrected chi connectivity index (χ4v) is 2.75. The van der Waals surface area contributed by atoms with Crippen LogP contribution in [0.2, 0.25) is 0 Å². The predicted molar refractivity (Wildman–Crippen MR) is 76.4 cm³/mol. The highest BCUT2D eigenvalue weighted by atomic mass is 31.2. The molecule has 1 aliphatic rings.